The summed E-state index contributed by atoms with van der Waals surface area (Å²) in [5.41, 5.74) is 1.89. The maximum Gasteiger partial charge on any atom is 0.255 e. The predicted molar refractivity (Wildman–Crippen MR) is 109 cm³/mol. The molecular formula is C20H17BrN2O3S. The van der Waals surface area contributed by atoms with Crippen LogP contribution < -0.4 is 4.74 Å². The maximum atomic E-state index is 12.1. The number of nitrogens with zero attached hydrogens (tertiary/aromatic N) is 2. The first-order chi connectivity index (χ1) is 13.1. The molecule has 2 aromatic carbocycles. The van der Waals surface area contributed by atoms with Crippen LogP contribution in [0.2, 0.25) is 0 Å². The summed E-state index contributed by atoms with van der Waals surface area (Å²) >= 11 is 4.97. The van der Waals surface area contributed by atoms with Gasteiger partial charge in [-0.25, -0.2) is 0 Å². The van der Waals surface area contributed by atoms with Crippen LogP contribution in [-0.2, 0) is 0 Å². The first-order valence-corrected chi connectivity index (χ1v) is 10.1. The molecule has 0 amide bonds. The minimum atomic E-state index is -0.747. The highest BCUT2D eigenvalue weighted by Crippen LogP contribution is 2.50. The van der Waals surface area contributed by atoms with Crippen molar-refractivity contribution in [2.45, 2.75) is 22.2 Å². The normalized spacial score (nSPS) is 21.0. The van der Waals surface area contributed by atoms with Gasteiger partial charge < -0.3 is 9.30 Å². The van der Waals surface area contributed by atoms with Gasteiger partial charge in [0.25, 0.3) is 6.04 Å². The number of aromatic nitrogens is 1. The predicted octanol–water partition coefficient (Wildman–Crippen LogP) is 5.34. The fraction of sp³-hybridized carbons (Fsp3) is 0.200. The Labute approximate surface area is 169 Å². The number of methoxy groups -OCH3 is 1. The van der Waals surface area contributed by atoms with Crippen LogP contribution in [0.5, 0.6) is 5.75 Å². The maximum absolute atomic E-state index is 12.1. The number of rotatable bonds is 5. The zero-order valence-electron chi connectivity index (χ0n) is 14.5. The molecule has 3 aromatic rings. The van der Waals surface area contributed by atoms with Crippen molar-refractivity contribution in [3.8, 4) is 5.75 Å². The molecule has 1 aromatic heterocycles. The van der Waals surface area contributed by atoms with E-state index in [0.29, 0.717) is 0 Å². The van der Waals surface area contributed by atoms with Gasteiger partial charge in [0.15, 0.2) is 0 Å². The zero-order chi connectivity index (χ0) is 19.0. The molecular weight excluding hydrogens is 428 g/mol. The molecule has 1 aliphatic rings. The molecule has 0 N–H and O–H groups in total. The Hall–Kier alpha value is -2.25. The molecule has 0 aliphatic carbocycles. The lowest BCUT2D eigenvalue weighted by molar-refractivity contribution is -0.525. The van der Waals surface area contributed by atoms with Crippen molar-refractivity contribution in [3.05, 3.63) is 92.7 Å². The van der Waals surface area contributed by atoms with Crippen LogP contribution in [0.4, 0.5) is 0 Å². The first-order valence-electron chi connectivity index (χ1n) is 8.45. The highest BCUT2D eigenvalue weighted by molar-refractivity contribution is 9.10. The van der Waals surface area contributed by atoms with Crippen molar-refractivity contribution in [3.63, 3.8) is 0 Å². The van der Waals surface area contributed by atoms with Gasteiger partial charge in [0, 0.05) is 26.2 Å². The largest absolute Gasteiger partial charge is 0.497 e. The molecule has 0 saturated heterocycles. The molecule has 0 bridgehead atoms. The molecule has 0 spiro atoms. The van der Waals surface area contributed by atoms with Crippen LogP contribution in [0.25, 0.3) is 0 Å². The topological polar surface area (TPSA) is 57.3 Å². The van der Waals surface area contributed by atoms with Crippen molar-refractivity contribution < 1.29 is 9.66 Å². The molecule has 3 atom stereocenters. The summed E-state index contributed by atoms with van der Waals surface area (Å²) in [6.07, 6.45) is 1.93. The fourth-order valence-corrected chi connectivity index (χ4v) is 5.14. The molecule has 0 fully saturated rings. The van der Waals surface area contributed by atoms with Crippen LogP contribution in [0.3, 0.4) is 0 Å². The number of halogens is 1. The van der Waals surface area contributed by atoms with Gasteiger partial charge >= 0.3 is 0 Å². The second kappa shape index (κ2) is 7.40. The van der Waals surface area contributed by atoms with E-state index in [2.05, 4.69) is 15.9 Å². The fourth-order valence-electron chi connectivity index (χ4n) is 3.58. The minimum Gasteiger partial charge on any atom is -0.497 e. The van der Waals surface area contributed by atoms with Gasteiger partial charge in [-0.3, -0.25) is 10.1 Å². The van der Waals surface area contributed by atoms with Gasteiger partial charge in [-0.05, 0) is 54.1 Å². The Bertz CT molecular complexity index is 956. The van der Waals surface area contributed by atoms with Crippen molar-refractivity contribution in [1.82, 2.24) is 4.57 Å². The summed E-state index contributed by atoms with van der Waals surface area (Å²) in [6, 6.07) is 18.3. The van der Waals surface area contributed by atoms with Gasteiger partial charge in [0.2, 0.25) is 0 Å². The van der Waals surface area contributed by atoms with Crippen LogP contribution in [-0.4, -0.2) is 22.6 Å². The van der Waals surface area contributed by atoms with E-state index in [-0.39, 0.29) is 16.2 Å². The highest BCUT2D eigenvalue weighted by Gasteiger charge is 2.49. The van der Waals surface area contributed by atoms with E-state index in [4.69, 9.17) is 4.74 Å². The van der Waals surface area contributed by atoms with Gasteiger partial charge in [-0.1, -0.05) is 28.1 Å². The van der Waals surface area contributed by atoms with E-state index < -0.39 is 6.04 Å². The van der Waals surface area contributed by atoms with E-state index in [1.54, 1.807) is 18.9 Å². The van der Waals surface area contributed by atoms with Gasteiger partial charge in [-0.15, -0.1) is 11.8 Å². The Morgan fingerprint density at radius 3 is 2.44 bits per heavy atom. The molecule has 27 heavy (non-hydrogen) atoms. The molecule has 0 unspecified atom stereocenters. The van der Waals surface area contributed by atoms with E-state index >= 15 is 0 Å². The molecule has 7 heteroatoms. The van der Waals surface area contributed by atoms with E-state index in [1.165, 1.54) is 0 Å². The third kappa shape index (κ3) is 3.37. The van der Waals surface area contributed by atoms with Crippen LogP contribution in [0, 0.1) is 10.1 Å². The van der Waals surface area contributed by atoms with Crippen molar-refractivity contribution in [2.75, 3.05) is 7.11 Å². The minimum absolute atomic E-state index is 0.140. The third-order valence-corrected chi connectivity index (χ3v) is 6.66. The summed E-state index contributed by atoms with van der Waals surface area (Å²) in [7, 11) is 1.61. The monoisotopic (exact) mass is 444 g/mol. The first kappa shape index (κ1) is 18.1. The summed E-state index contributed by atoms with van der Waals surface area (Å²) in [5, 5.41) is 11.8. The Kier molecular flexibility index (Phi) is 4.97. The number of nitro groups is 1. The smallest absolute Gasteiger partial charge is 0.255 e. The second-order valence-electron chi connectivity index (χ2n) is 6.33. The van der Waals surface area contributed by atoms with Crippen molar-refractivity contribution >= 4 is 27.7 Å². The summed E-state index contributed by atoms with van der Waals surface area (Å²) in [4.78, 5) is 12.9. The van der Waals surface area contributed by atoms with Gasteiger partial charge in [0.1, 0.15) is 17.0 Å². The van der Waals surface area contributed by atoms with Crippen molar-refractivity contribution in [2.24, 2.45) is 0 Å². The zero-order valence-corrected chi connectivity index (χ0v) is 16.9. The molecule has 1 aliphatic heterocycles. The molecule has 2 heterocycles. The number of ether oxygens (including phenoxy) is 1. The standard InChI is InChI=1S/C20H17BrN2O3S/c1-26-15-8-4-13(5-9-15)18-19(23(24)25)20(17-3-2-12-22(17)18)27-16-10-6-14(21)7-11-16/h2-12,18-20H,1H3/t18-,19+,20-/m1/s1. The highest BCUT2D eigenvalue weighted by atomic mass is 79.9. The molecule has 0 saturated carbocycles. The lowest BCUT2D eigenvalue weighted by atomic mass is 9.99. The van der Waals surface area contributed by atoms with E-state index in [9.17, 15) is 10.1 Å². The summed E-state index contributed by atoms with van der Waals surface area (Å²) < 4.78 is 8.24. The average molecular weight is 445 g/mol. The SMILES string of the molecule is COc1ccc([C@@H]2[C@H]([N+](=O)[O-])[C@H](Sc3ccc(Br)cc3)c3cccn32)cc1. The van der Waals surface area contributed by atoms with Crippen molar-refractivity contribution in [1.29, 1.82) is 0 Å². The number of thioether (sulfide) groups is 1. The number of hydrogen-bond acceptors (Lipinski definition) is 4. The van der Waals surface area contributed by atoms with Gasteiger partial charge in [-0.2, -0.15) is 0 Å². The number of fused-ring (bicyclic) bond motifs is 1. The summed E-state index contributed by atoms with van der Waals surface area (Å²) in [6.45, 7) is 0. The third-order valence-electron chi connectivity index (χ3n) is 4.81. The van der Waals surface area contributed by atoms with Gasteiger partial charge in [0.05, 0.1) is 7.11 Å². The molecule has 0 radical (unpaired) electrons. The summed E-state index contributed by atoms with van der Waals surface area (Å²) in [5.74, 6) is 0.739. The Morgan fingerprint density at radius 2 is 1.81 bits per heavy atom. The number of benzene rings is 2. The lowest BCUT2D eigenvalue weighted by Gasteiger charge is -2.19. The van der Waals surface area contributed by atoms with E-state index in [1.807, 2.05) is 71.4 Å². The van der Waals surface area contributed by atoms with Crippen LogP contribution in [0.15, 0.2) is 76.2 Å². The van der Waals surface area contributed by atoms with Crippen LogP contribution in [0.1, 0.15) is 22.5 Å². The average Bonchev–Trinajstić information content (AvgIpc) is 3.25. The number of hydrogen-bond donors (Lipinski definition) is 0. The van der Waals surface area contributed by atoms with Crippen LogP contribution >= 0.6 is 27.7 Å². The molecule has 138 valence electrons. The Balaban J connectivity index is 1.73. The quantitative estimate of drug-likeness (QED) is 0.393. The van der Waals surface area contributed by atoms with E-state index in [0.717, 1.165) is 26.4 Å². The second-order valence-corrected chi connectivity index (χ2v) is 8.46. The Morgan fingerprint density at radius 1 is 1.11 bits per heavy atom. The molecule has 5 nitrogen and oxygen atoms in total. The lowest BCUT2D eigenvalue weighted by Crippen LogP contribution is -2.29. The molecule has 4 rings (SSSR count).